The highest BCUT2D eigenvalue weighted by Gasteiger charge is 2.12. The van der Waals surface area contributed by atoms with Crippen molar-refractivity contribution in [1.29, 1.82) is 0 Å². The average Bonchev–Trinajstić information content (AvgIpc) is 2.66. The first-order chi connectivity index (χ1) is 12.7. The van der Waals surface area contributed by atoms with Gasteiger partial charge in [0.25, 0.3) is 0 Å². The van der Waals surface area contributed by atoms with Crippen molar-refractivity contribution in [2.75, 3.05) is 0 Å². The van der Waals surface area contributed by atoms with Gasteiger partial charge in [0.05, 0.1) is 11.2 Å². The van der Waals surface area contributed by atoms with Crippen molar-refractivity contribution in [1.82, 2.24) is 4.98 Å². The fourth-order valence-electron chi connectivity index (χ4n) is 3.52. The number of hydrogen-bond acceptors (Lipinski definition) is 2. The lowest BCUT2D eigenvalue weighted by molar-refractivity contribution is 0.301. The SMILES string of the molecule is CCCC(CC(C)C)c1ccc(OCc2ccc3ccccc3n2)cc1. The number of para-hydroxylation sites is 1. The molecule has 0 aliphatic rings. The highest BCUT2D eigenvalue weighted by Crippen LogP contribution is 2.29. The second-order valence-electron chi connectivity index (χ2n) is 7.47. The van der Waals surface area contributed by atoms with E-state index >= 15 is 0 Å². The number of hydrogen-bond donors (Lipinski definition) is 0. The monoisotopic (exact) mass is 347 g/mol. The maximum atomic E-state index is 5.95. The van der Waals surface area contributed by atoms with Crippen LogP contribution in [0.3, 0.4) is 0 Å². The van der Waals surface area contributed by atoms with Gasteiger partial charge in [0.2, 0.25) is 0 Å². The van der Waals surface area contributed by atoms with Crippen LogP contribution in [-0.2, 0) is 6.61 Å². The zero-order chi connectivity index (χ0) is 18.4. The molecule has 136 valence electrons. The predicted molar refractivity (Wildman–Crippen MR) is 110 cm³/mol. The van der Waals surface area contributed by atoms with E-state index in [2.05, 4.69) is 62.2 Å². The van der Waals surface area contributed by atoms with Gasteiger partial charge in [0.1, 0.15) is 12.4 Å². The zero-order valence-electron chi connectivity index (χ0n) is 16.1. The molecule has 0 fully saturated rings. The fraction of sp³-hybridized carbons (Fsp3) is 0.375. The summed E-state index contributed by atoms with van der Waals surface area (Å²) < 4.78 is 5.95. The Labute approximate surface area is 157 Å². The molecular weight excluding hydrogens is 318 g/mol. The van der Waals surface area contributed by atoms with Gasteiger partial charge >= 0.3 is 0 Å². The first kappa shape index (κ1) is 18.4. The van der Waals surface area contributed by atoms with E-state index in [4.69, 9.17) is 4.74 Å². The quantitative estimate of drug-likeness (QED) is 0.450. The predicted octanol–water partition coefficient (Wildman–Crippen LogP) is 6.74. The Kier molecular flexibility index (Phi) is 6.27. The minimum atomic E-state index is 0.495. The lowest BCUT2D eigenvalue weighted by Crippen LogP contribution is -2.03. The van der Waals surface area contributed by atoms with Crippen LogP contribution < -0.4 is 4.74 Å². The van der Waals surface area contributed by atoms with E-state index < -0.39 is 0 Å². The first-order valence-electron chi connectivity index (χ1n) is 9.73. The van der Waals surface area contributed by atoms with Crippen molar-refractivity contribution in [3.8, 4) is 5.75 Å². The van der Waals surface area contributed by atoms with Gasteiger partial charge in [-0.25, -0.2) is 4.98 Å². The molecule has 1 atom stereocenters. The molecule has 0 aliphatic heterocycles. The summed E-state index contributed by atoms with van der Waals surface area (Å²) in [4.78, 5) is 4.67. The molecule has 0 radical (unpaired) electrons. The van der Waals surface area contributed by atoms with Crippen molar-refractivity contribution in [3.63, 3.8) is 0 Å². The van der Waals surface area contributed by atoms with Crippen molar-refractivity contribution >= 4 is 10.9 Å². The molecule has 0 saturated heterocycles. The van der Waals surface area contributed by atoms with Gasteiger partial charge in [-0.2, -0.15) is 0 Å². The molecule has 0 N–H and O–H groups in total. The van der Waals surface area contributed by atoms with Gasteiger partial charge in [0.15, 0.2) is 0 Å². The summed E-state index contributed by atoms with van der Waals surface area (Å²) in [5, 5.41) is 1.16. The Bertz CT molecular complexity index is 823. The Hall–Kier alpha value is -2.35. The Morgan fingerprint density at radius 2 is 1.69 bits per heavy atom. The number of benzene rings is 2. The minimum absolute atomic E-state index is 0.495. The fourth-order valence-corrected chi connectivity index (χ4v) is 3.52. The Balaban J connectivity index is 1.64. The summed E-state index contributed by atoms with van der Waals surface area (Å²) >= 11 is 0. The van der Waals surface area contributed by atoms with E-state index in [0.717, 1.165) is 28.3 Å². The van der Waals surface area contributed by atoms with Gasteiger partial charge in [-0.1, -0.05) is 63.6 Å². The molecule has 0 spiro atoms. The number of rotatable bonds is 8. The van der Waals surface area contributed by atoms with Gasteiger partial charge in [-0.05, 0) is 54.5 Å². The molecule has 1 aromatic heterocycles. The normalized spacial score (nSPS) is 12.5. The van der Waals surface area contributed by atoms with Crippen LogP contribution in [0.2, 0.25) is 0 Å². The molecule has 0 bridgehead atoms. The van der Waals surface area contributed by atoms with Gasteiger partial charge < -0.3 is 4.74 Å². The Morgan fingerprint density at radius 3 is 2.42 bits per heavy atom. The molecule has 1 heterocycles. The molecule has 0 amide bonds. The maximum Gasteiger partial charge on any atom is 0.130 e. The summed E-state index contributed by atoms with van der Waals surface area (Å²) in [6, 6.07) is 21.0. The van der Waals surface area contributed by atoms with Gasteiger partial charge in [-0.3, -0.25) is 0 Å². The highest BCUT2D eigenvalue weighted by molar-refractivity contribution is 5.78. The first-order valence-corrected chi connectivity index (χ1v) is 9.73. The van der Waals surface area contributed by atoms with E-state index in [1.807, 2.05) is 24.3 Å². The van der Waals surface area contributed by atoms with E-state index in [9.17, 15) is 0 Å². The third kappa shape index (κ3) is 4.85. The average molecular weight is 348 g/mol. The van der Waals surface area contributed by atoms with E-state index in [0.29, 0.717) is 12.5 Å². The number of aromatic nitrogens is 1. The summed E-state index contributed by atoms with van der Waals surface area (Å²) in [7, 11) is 0. The van der Waals surface area contributed by atoms with Crippen LogP contribution in [0, 0.1) is 5.92 Å². The molecule has 2 heteroatoms. The van der Waals surface area contributed by atoms with Crippen molar-refractivity contribution in [2.24, 2.45) is 5.92 Å². The zero-order valence-corrected chi connectivity index (χ0v) is 16.1. The largest absolute Gasteiger partial charge is 0.487 e. The maximum absolute atomic E-state index is 5.95. The van der Waals surface area contributed by atoms with E-state index in [1.165, 1.54) is 24.8 Å². The minimum Gasteiger partial charge on any atom is -0.487 e. The van der Waals surface area contributed by atoms with Crippen LogP contribution in [0.15, 0.2) is 60.7 Å². The molecule has 3 rings (SSSR count). The third-order valence-electron chi connectivity index (χ3n) is 4.79. The molecule has 26 heavy (non-hydrogen) atoms. The van der Waals surface area contributed by atoms with Crippen molar-refractivity contribution in [2.45, 2.75) is 52.6 Å². The summed E-state index contributed by atoms with van der Waals surface area (Å²) in [6.45, 7) is 7.36. The van der Waals surface area contributed by atoms with Crippen LogP contribution >= 0.6 is 0 Å². The number of ether oxygens (including phenoxy) is 1. The lowest BCUT2D eigenvalue weighted by atomic mass is 9.87. The summed E-state index contributed by atoms with van der Waals surface area (Å²) in [5.74, 6) is 2.28. The number of pyridine rings is 1. The summed E-state index contributed by atoms with van der Waals surface area (Å²) in [5.41, 5.74) is 3.40. The van der Waals surface area contributed by atoms with Crippen LogP contribution in [0.25, 0.3) is 10.9 Å². The van der Waals surface area contributed by atoms with E-state index in [1.54, 1.807) is 0 Å². The molecule has 1 unspecified atom stereocenters. The second kappa shape index (κ2) is 8.84. The van der Waals surface area contributed by atoms with Crippen LogP contribution in [0.5, 0.6) is 5.75 Å². The molecular formula is C24H29NO. The topological polar surface area (TPSA) is 22.1 Å². The number of nitrogens with zero attached hydrogens (tertiary/aromatic N) is 1. The summed E-state index contributed by atoms with van der Waals surface area (Å²) in [6.07, 6.45) is 3.72. The molecule has 0 saturated carbocycles. The Morgan fingerprint density at radius 1 is 0.923 bits per heavy atom. The van der Waals surface area contributed by atoms with Crippen LogP contribution in [0.1, 0.15) is 57.2 Å². The van der Waals surface area contributed by atoms with Crippen molar-refractivity contribution < 1.29 is 4.74 Å². The smallest absolute Gasteiger partial charge is 0.130 e. The molecule has 2 nitrogen and oxygen atoms in total. The molecule has 3 aromatic rings. The standard InChI is InChI=1S/C24H29NO/c1-4-7-21(16-18(2)3)19-11-14-23(15-12-19)26-17-22-13-10-20-8-5-6-9-24(20)25-22/h5-6,8-15,18,21H,4,7,16-17H2,1-3H3. The van der Waals surface area contributed by atoms with Gasteiger partial charge in [-0.15, -0.1) is 0 Å². The van der Waals surface area contributed by atoms with Gasteiger partial charge in [0, 0.05) is 5.39 Å². The lowest BCUT2D eigenvalue weighted by Gasteiger charge is -2.19. The second-order valence-corrected chi connectivity index (χ2v) is 7.47. The van der Waals surface area contributed by atoms with Crippen LogP contribution in [-0.4, -0.2) is 4.98 Å². The van der Waals surface area contributed by atoms with Crippen molar-refractivity contribution in [3.05, 3.63) is 71.9 Å². The molecule has 0 aliphatic carbocycles. The van der Waals surface area contributed by atoms with E-state index in [-0.39, 0.29) is 0 Å². The molecule has 2 aromatic carbocycles. The van der Waals surface area contributed by atoms with Crippen LogP contribution in [0.4, 0.5) is 0 Å². The number of fused-ring (bicyclic) bond motifs is 1. The highest BCUT2D eigenvalue weighted by atomic mass is 16.5. The third-order valence-corrected chi connectivity index (χ3v) is 4.79.